The lowest BCUT2D eigenvalue weighted by atomic mass is 10.2. The molecule has 0 unspecified atom stereocenters. The van der Waals surface area contributed by atoms with Crippen LogP contribution in [0.2, 0.25) is 0 Å². The summed E-state index contributed by atoms with van der Waals surface area (Å²) < 4.78 is 7.22. The Bertz CT molecular complexity index is 625. The summed E-state index contributed by atoms with van der Waals surface area (Å²) >= 11 is 0. The van der Waals surface area contributed by atoms with Gasteiger partial charge in [-0.25, -0.2) is 0 Å². The van der Waals surface area contributed by atoms with Crippen molar-refractivity contribution in [2.45, 2.75) is 13.8 Å². The zero-order valence-corrected chi connectivity index (χ0v) is 11.3. The van der Waals surface area contributed by atoms with Crippen LogP contribution in [0.4, 0.5) is 11.5 Å². The van der Waals surface area contributed by atoms with E-state index >= 15 is 0 Å². The summed E-state index contributed by atoms with van der Waals surface area (Å²) in [7, 11) is 1.81. The van der Waals surface area contributed by atoms with Crippen molar-refractivity contribution in [2.24, 2.45) is 7.05 Å². The van der Waals surface area contributed by atoms with Crippen LogP contribution >= 0.6 is 0 Å². The first-order valence-corrected chi connectivity index (χ1v) is 6.10. The van der Waals surface area contributed by atoms with Crippen LogP contribution in [0.25, 0.3) is 0 Å². The molecule has 0 aliphatic heterocycles. The molecule has 0 radical (unpaired) electrons. The maximum Gasteiger partial charge on any atom is 0.146 e. The minimum absolute atomic E-state index is 0.550. The highest BCUT2D eigenvalue weighted by atomic mass is 16.5. The number of nitrogens with one attached hydrogen (secondary N) is 1. The minimum Gasteiger partial charge on any atom is -0.492 e. The lowest BCUT2D eigenvalue weighted by molar-refractivity contribution is 0.342. The maximum absolute atomic E-state index is 9.19. The second-order valence-electron chi connectivity index (χ2n) is 4.10. The number of nitrogens with zero attached hydrogens (tertiary/aromatic N) is 3. The van der Waals surface area contributed by atoms with Crippen LogP contribution in [0.5, 0.6) is 5.75 Å². The molecule has 1 heterocycles. The SMILES string of the molecule is CCOc1ccccc1Nc1c(C#N)c(C)nn1C. The van der Waals surface area contributed by atoms with Gasteiger partial charge in [0.2, 0.25) is 0 Å². The van der Waals surface area contributed by atoms with Crippen LogP contribution in [0, 0.1) is 18.3 Å². The van der Waals surface area contributed by atoms with Gasteiger partial charge in [0.05, 0.1) is 18.0 Å². The Morgan fingerprint density at radius 2 is 2.16 bits per heavy atom. The Kier molecular flexibility index (Phi) is 3.71. The van der Waals surface area contributed by atoms with Crippen molar-refractivity contribution in [2.75, 3.05) is 11.9 Å². The second kappa shape index (κ2) is 5.44. The number of benzene rings is 1. The lowest BCUT2D eigenvalue weighted by Crippen LogP contribution is -2.03. The van der Waals surface area contributed by atoms with Crippen molar-refractivity contribution in [3.8, 4) is 11.8 Å². The third-order valence-electron chi connectivity index (χ3n) is 2.77. The topological polar surface area (TPSA) is 62.9 Å². The number of anilines is 2. The van der Waals surface area contributed by atoms with Crippen LogP contribution in [0.3, 0.4) is 0 Å². The molecule has 2 aromatic rings. The zero-order valence-electron chi connectivity index (χ0n) is 11.3. The lowest BCUT2D eigenvalue weighted by Gasteiger charge is -2.12. The first-order valence-electron chi connectivity index (χ1n) is 6.10. The first-order chi connectivity index (χ1) is 9.17. The third-order valence-corrected chi connectivity index (χ3v) is 2.77. The van der Waals surface area contributed by atoms with E-state index in [1.165, 1.54) is 0 Å². The summed E-state index contributed by atoms with van der Waals surface area (Å²) in [5, 5.41) is 16.7. The molecule has 0 fully saturated rings. The normalized spacial score (nSPS) is 10.0. The van der Waals surface area contributed by atoms with Crippen molar-refractivity contribution in [3.05, 3.63) is 35.5 Å². The Hall–Kier alpha value is -2.48. The molecule has 0 aliphatic carbocycles. The van der Waals surface area contributed by atoms with Gasteiger partial charge in [-0.2, -0.15) is 10.4 Å². The van der Waals surface area contributed by atoms with E-state index in [0.717, 1.165) is 11.4 Å². The van der Waals surface area contributed by atoms with Gasteiger partial charge in [0, 0.05) is 7.05 Å². The molecular formula is C14H16N4O. The molecule has 2 rings (SSSR count). The number of hydrogen-bond acceptors (Lipinski definition) is 4. The second-order valence-corrected chi connectivity index (χ2v) is 4.10. The van der Waals surface area contributed by atoms with E-state index in [-0.39, 0.29) is 0 Å². The maximum atomic E-state index is 9.19. The number of rotatable bonds is 4. The summed E-state index contributed by atoms with van der Waals surface area (Å²) in [6.45, 7) is 4.35. The number of aryl methyl sites for hydroxylation is 2. The smallest absolute Gasteiger partial charge is 0.146 e. The fourth-order valence-electron chi connectivity index (χ4n) is 1.91. The molecule has 5 heteroatoms. The van der Waals surface area contributed by atoms with E-state index in [9.17, 15) is 5.26 Å². The standard InChI is InChI=1S/C14H16N4O/c1-4-19-13-8-6-5-7-12(13)16-14-11(9-15)10(2)17-18(14)3/h5-8,16H,4H2,1-3H3. The fourth-order valence-corrected chi connectivity index (χ4v) is 1.91. The highest BCUT2D eigenvalue weighted by Crippen LogP contribution is 2.29. The van der Waals surface area contributed by atoms with Gasteiger partial charge in [-0.15, -0.1) is 0 Å². The molecule has 0 bridgehead atoms. The monoisotopic (exact) mass is 256 g/mol. The molecule has 0 spiro atoms. The van der Waals surface area contributed by atoms with Crippen LogP contribution < -0.4 is 10.1 Å². The molecule has 0 saturated carbocycles. The van der Waals surface area contributed by atoms with Crippen molar-refractivity contribution in [1.29, 1.82) is 5.26 Å². The summed E-state index contributed by atoms with van der Waals surface area (Å²) in [4.78, 5) is 0. The predicted octanol–water partition coefficient (Wildman–Crippen LogP) is 2.74. The molecular weight excluding hydrogens is 240 g/mol. The minimum atomic E-state index is 0.550. The Balaban J connectivity index is 2.39. The van der Waals surface area contributed by atoms with E-state index in [1.807, 2.05) is 38.1 Å². The summed E-state index contributed by atoms with van der Waals surface area (Å²) in [5.74, 6) is 1.43. The Labute approximate surface area is 112 Å². The molecule has 19 heavy (non-hydrogen) atoms. The van der Waals surface area contributed by atoms with Gasteiger partial charge >= 0.3 is 0 Å². The highest BCUT2D eigenvalue weighted by Gasteiger charge is 2.14. The van der Waals surface area contributed by atoms with E-state index < -0.39 is 0 Å². The summed E-state index contributed by atoms with van der Waals surface area (Å²) in [5.41, 5.74) is 2.08. The van der Waals surface area contributed by atoms with Gasteiger partial charge in [0.25, 0.3) is 0 Å². The number of hydrogen-bond donors (Lipinski definition) is 1. The fraction of sp³-hybridized carbons (Fsp3) is 0.286. The molecule has 0 aliphatic rings. The predicted molar refractivity (Wildman–Crippen MR) is 73.6 cm³/mol. The number of para-hydroxylation sites is 2. The van der Waals surface area contributed by atoms with Crippen LogP contribution in [-0.4, -0.2) is 16.4 Å². The first kappa shape index (κ1) is 13.0. The van der Waals surface area contributed by atoms with E-state index in [4.69, 9.17) is 4.74 Å². The van der Waals surface area contributed by atoms with E-state index in [0.29, 0.717) is 23.7 Å². The molecule has 1 N–H and O–H groups in total. The van der Waals surface area contributed by atoms with Crippen LogP contribution in [-0.2, 0) is 7.05 Å². The summed E-state index contributed by atoms with van der Waals surface area (Å²) in [6.07, 6.45) is 0. The van der Waals surface area contributed by atoms with Gasteiger partial charge in [0.1, 0.15) is 23.2 Å². The summed E-state index contributed by atoms with van der Waals surface area (Å²) in [6, 6.07) is 9.80. The van der Waals surface area contributed by atoms with Gasteiger partial charge in [0.15, 0.2) is 0 Å². The third kappa shape index (κ3) is 2.52. The molecule has 1 aromatic carbocycles. The van der Waals surface area contributed by atoms with E-state index in [2.05, 4.69) is 16.5 Å². The van der Waals surface area contributed by atoms with Crippen molar-refractivity contribution < 1.29 is 4.74 Å². The number of aromatic nitrogens is 2. The quantitative estimate of drug-likeness (QED) is 0.913. The molecule has 0 amide bonds. The van der Waals surface area contributed by atoms with Crippen LogP contribution in [0.15, 0.2) is 24.3 Å². The highest BCUT2D eigenvalue weighted by molar-refractivity contribution is 5.69. The molecule has 0 saturated heterocycles. The largest absolute Gasteiger partial charge is 0.492 e. The average Bonchev–Trinajstić information content (AvgIpc) is 2.66. The van der Waals surface area contributed by atoms with Crippen molar-refractivity contribution in [3.63, 3.8) is 0 Å². The zero-order chi connectivity index (χ0) is 13.8. The van der Waals surface area contributed by atoms with E-state index in [1.54, 1.807) is 11.7 Å². The number of nitriles is 1. The molecule has 1 aromatic heterocycles. The van der Waals surface area contributed by atoms with Gasteiger partial charge in [-0.3, -0.25) is 4.68 Å². The van der Waals surface area contributed by atoms with Gasteiger partial charge < -0.3 is 10.1 Å². The van der Waals surface area contributed by atoms with Crippen LogP contribution in [0.1, 0.15) is 18.2 Å². The average molecular weight is 256 g/mol. The van der Waals surface area contributed by atoms with Crippen molar-refractivity contribution >= 4 is 11.5 Å². The Morgan fingerprint density at radius 1 is 1.42 bits per heavy atom. The van der Waals surface area contributed by atoms with Crippen molar-refractivity contribution in [1.82, 2.24) is 9.78 Å². The van der Waals surface area contributed by atoms with Gasteiger partial charge in [-0.05, 0) is 26.0 Å². The Morgan fingerprint density at radius 3 is 2.84 bits per heavy atom. The molecule has 0 atom stereocenters. The van der Waals surface area contributed by atoms with Gasteiger partial charge in [-0.1, -0.05) is 12.1 Å². The molecule has 98 valence electrons. The molecule has 5 nitrogen and oxygen atoms in total. The number of ether oxygens (including phenoxy) is 1.